The average Bonchev–Trinajstić information content (AvgIpc) is 2.03. The van der Waals surface area contributed by atoms with Crippen molar-refractivity contribution in [2.24, 2.45) is 0 Å². The minimum atomic E-state index is -4.28. The molecule has 0 fully saturated rings. The highest BCUT2D eigenvalue weighted by molar-refractivity contribution is 7.86. The fourth-order valence-corrected chi connectivity index (χ4v) is 1.48. The predicted molar refractivity (Wildman–Crippen MR) is 48.9 cm³/mol. The van der Waals surface area contributed by atoms with Crippen LogP contribution >= 0.6 is 0 Å². The van der Waals surface area contributed by atoms with E-state index >= 15 is 0 Å². The molecule has 6 nitrogen and oxygen atoms in total. The third kappa shape index (κ3) is 3.23. The summed E-state index contributed by atoms with van der Waals surface area (Å²) in [6, 6.07) is 5.42. The van der Waals surface area contributed by atoms with Crippen molar-refractivity contribution < 1.29 is 28.7 Å². The van der Waals surface area contributed by atoms with Crippen LogP contribution in [0.2, 0.25) is 0 Å². The Morgan fingerprint density at radius 3 is 2.00 bits per heavy atom. The van der Waals surface area contributed by atoms with Gasteiger partial charge in [0.25, 0.3) is 10.1 Å². The zero-order chi connectivity index (χ0) is 9.19. The van der Waals surface area contributed by atoms with Crippen LogP contribution in [0.3, 0.4) is 0 Å². The van der Waals surface area contributed by atoms with Gasteiger partial charge >= 0.3 is 0 Å². The highest BCUT2D eigenvalue weighted by atomic mass is 32.2. The van der Waals surface area contributed by atoms with Crippen LogP contribution in [0.25, 0.3) is 0 Å². The zero-order valence-corrected chi connectivity index (χ0v) is 7.78. The molecule has 0 spiro atoms. The summed E-state index contributed by atoms with van der Waals surface area (Å²) in [6.07, 6.45) is 0.378. The van der Waals surface area contributed by atoms with Crippen LogP contribution in [-0.2, 0) is 10.1 Å². The van der Waals surface area contributed by atoms with Crippen molar-refractivity contribution in [3.8, 4) is 0 Å². The van der Waals surface area contributed by atoms with Crippen LogP contribution in [0.1, 0.15) is 10.4 Å². The van der Waals surface area contributed by atoms with Gasteiger partial charge in [0.05, 0.1) is 0 Å². The quantitative estimate of drug-likeness (QED) is 0.512. The van der Waals surface area contributed by atoms with E-state index in [2.05, 4.69) is 0 Å². The minimum Gasteiger partial charge on any atom is -0.412 e. The summed E-state index contributed by atoms with van der Waals surface area (Å²) in [6.45, 7) is 0. The molecule has 0 unspecified atom stereocenters. The Morgan fingerprint density at radius 2 is 1.64 bits per heavy atom. The summed E-state index contributed by atoms with van der Waals surface area (Å²) in [4.78, 5) is 9.94. The van der Waals surface area contributed by atoms with E-state index in [1.54, 1.807) is 0 Å². The third-order valence-corrected chi connectivity index (χ3v) is 2.25. The molecule has 14 heavy (non-hydrogen) atoms. The summed E-state index contributed by atoms with van der Waals surface area (Å²) in [7, 11) is -4.28. The maximum atomic E-state index is 10.6. The van der Waals surface area contributed by atoms with Gasteiger partial charge in [-0.1, -0.05) is 18.2 Å². The Hall–Kier alpha value is -1.28. The monoisotopic (exact) mass is 222 g/mol. The van der Waals surface area contributed by atoms with Gasteiger partial charge in [0.15, 0.2) is 6.29 Å². The summed E-state index contributed by atoms with van der Waals surface area (Å²) in [5.74, 6) is 0. The van der Waals surface area contributed by atoms with E-state index in [0.29, 0.717) is 6.29 Å². The molecule has 0 atom stereocenters. The highest BCUT2D eigenvalue weighted by Crippen LogP contribution is 2.12. The lowest BCUT2D eigenvalue weighted by molar-refractivity contribution is 0.112. The maximum Gasteiger partial charge on any atom is 0.295 e. The normalized spacial score (nSPS) is 9.50. The molecule has 0 amide bonds. The topological polar surface area (TPSA) is 134 Å². The molecule has 0 saturated heterocycles. The van der Waals surface area contributed by atoms with Crippen LogP contribution < -0.4 is 0 Å². The number of carbonyl (C=O) groups excluding carboxylic acids is 1. The number of aldehydes is 1. The molecule has 80 valence electrons. The van der Waals surface area contributed by atoms with E-state index in [9.17, 15) is 13.2 Å². The Balaban J connectivity index is 0. The Bertz CT molecular complexity index is 396. The number of carbonyl (C=O) groups is 1. The predicted octanol–water partition coefficient (Wildman–Crippen LogP) is -0.904. The molecule has 7 heteroatoms. The van der Waals surface area contributed by atoms with Crippen molar-refractivity contribution in [3.63, 3.8) is 0 Å². The van der Waals surface area contributed by atoms with Gasteiger partial charge in [-0.3, -0.25) is 9.35 Å². The maximum absolute atomic E-state index is 10.6. The lowest BCUT2D eigenvalue weighted by Gasteiger charge is -1.98. The Kier molecular flexibility index (Phi) is 5.92. The smallest absolute Gasteiger partial charge is 0.295 e. The first-order valence-corrected chi connectivity index (χ1v) is 4.51. The molecule has 1 aromatic carbocycles. The Morgan fingerprint density at radius 1 is 1.14 bits per heavy atom. The van der Waals surface area contributed by atoms with Gasteiger partial charge in [-0.05, 0) is 6.07 Å². The molecule has 5 N–H and O–H groups in total. The standard InChI is InChI=1S/C7H6O4S.2H2O/c8-5-6-3-1-2-4-7(6)12(9,10)11;;/h1-5H,(H,9,10,11);2*1H2. The van der Waals surface area contributed by atoms with Gasteiger partial charge < -0.3 is 11.0 Å². The third-order valence-electron chi connectivity index (χ3n) is 1.32. The van der Waals surface area contributed by atoms with Gasteiger partial charge in [-0.2, -0.15) is 8.42 Å². The largest absolute Gasteiger partial charge is 0.412 e. The van der Waals surface area contributed by atoms with Crippen molar-refractivity contribution in [3.05, 3.63) is 29.8 Å². The second-order valence-electron chi connectivity index (χ2n) is 2.13. The Labute approximate surface area is 80.5 Å². The zero-order valence-electron chi connectivity index (χ0n) is 6.97. The lowest BCUT2D eigenvalue weighted by Crippen LogP contribution is -2.01. The van der Waals surface area contributed by atoms with Crippen molar-refractivity contribution in [2.45, 2.75) is 4.90 Å². The van der Waals surface area contributed by atoms with Gasteiger partial charge in [0, 0.05) is 5.56 Å². The molecule has 1 aromatic rings. The van der Waals surface area contributed by atoms with E-state index in [1.165, 1.54) is 24.3 Å². The minimum absolute atomic E-state index is 0. The molecule has 0 aliphatic heterocycles. The van der Waals surface area contributed by atoms with E-state index < -0.39 is 10.1 Å². The molecular formula is C7H10O6S. The van der Waals surface area contributed by atoms with Gasteiger partial charge in [0.2, 0.25) is 0 Å². The number of benzene rings is 1. The molecule has 0 saturated carbocycles. The van der Waals surface area contributed by atoms with Gasteiger partial charge in [-0.15, -0.1) is 0 Å². The van der Waals surface area contributed by atoms with Crippen molar-refractivity contribution in [1.29, 1.82) is 0 Å². The molecule has 0 heterocycles. The van der Waals surface area contributed by atoms with Crippen LogP contribution in [0.15, 0.2) is 29.2 Å². The fourth-order valence-electron chi connectivity index (χ4n) is 0.813. The van der Waals surface area contributed by atoms with Gasteiger partial charge in [0.1, 0.15) is 4.90 Å². The molecule has 0 aromatic heterocycles. The van der Waals surface area contributed by atoms with Crippen molar-refractivity contribution in [1.82, 2.24) is 0 Å². The fraction of sp³-hybridized carbons (Fsp3) is 0. The van der Waals surface area contributed by atoms with Crippen molar-refractivity contribution >= 4 is 16.4 Å². The summed E-state index contributed by atoms with van der Waals surface area (Å²) in [5, 5.41) is 0. The molecular weight excluding hydrogens is 212 g/mol. The summed E-state index contributed by atoms with van der Waals surface area (Å²) >= 11 is 0. The first-order valence-electron chi connectivity index (χ1n) is 3.07. The number of hydrogen-bond acceptors (Lipinski definition) is 3. The molecule has 0 bridgehead atoms. The second kappa shape index (κ2) is 5.45. The molecule has 0 radical (unpaired) electrons. The van der Waals surface area contributed by atoms with Crippen LogP contribution in [0.5, 0.6) is 0 Å². The van der Waals surface area contributed by atoms with Crippen molar-refractivity contribution in [2.75, 3.05) is 0 Å². The van der Waals surface area contributed by atoms with Crippen LogP contribution in [-0.4, -0.2) is 30.2 Å². The lowest BCUT2D eigenvalue weighted by atomic mass is 10.2. The van der Waals surface area contributed by atoms with E-state index in [4.69, 9.17) is 4.55 Å². The van der Waals surface area contributed by atoms with E-state index in [0.717, 1.165) is 0 Å². The first-order chi connectivity index (χ1) is 5.55. The van der Waals surface area contributed by atoms with Gasteiger partial charge in [-0.25, -0.2) is 0 Å². The number of rotatable bonds is 2. The summed E-state index contributed by atoms with van der Waals surface area (Å²) < 4.78 is 29.8. The van der Waals surface area contributed by atoms with E-state index in [1.807, 2.05) is 0 Å². The molecule has 0 aliphatic carbocycles. The summed E-state index contributed by atoms with van der Waals surface area (Å²) in [5.41, 5.74) is -0.0417. The van der Waals surface area contributed by atoms with Crippen LogP contribution in [0, 0.1) is 0 Å². The molecule has 0 aliphatic rings. The molecule has 1 rings (SSSR count). The van der Waals surface area contributed by atoms with E-state index in [-0.39, 0.29) is 21.4 Å². The number of hydrogen-bond donors (Lipinski definition) is 1. The second-order valence-corrected chi connectivity index (χ2v) is 3.52. The first kappa shape index (κ1) is 15.2. The average molecular weight is 222 g/mol. The van der Waals surface area contributed by atoms with Crippen LogP contribution in [0.4, 0.5) is 0 Å². The SMILES string of the molecule is O.O.O=Cc1ccccc1S(=O)(=O)O. The highest BCUT2D eigenvalue weighted by Gasteiger charge is 2.13.